The second kappa shape index (κ2) is 15.9. The summed E-state index contributed by atoms with van der Waals surface area (Å²) < 4.78 is 0. The van der Waals surface area contributed by atoms with Gasteiger partial charge in [0.05, 0.1) is 18.9 Å². The van der Waals surface area contributed by atoms with Gasteiger partial charge in [0, 0.05) is 6.54 Å². The molecule has 0 bridgehead atoms. The minimum atomic E-state index is -1.61. The highest BCUT2D eigenvalue weighted by Gasteiger charge is 2.31. The highest BCUT2D eigenvalue weighted by Crippen LogP contribution is 2.08. The number of carbonyl (C=O) groups excluding carboxylic acids is 4. The summed E-state index contributed by atoms with van der Waals surface area (Å²) in [5.41, 5.74) is 21.1. The number of nitrogens with zero attached hydrogens (tertiary/aromatic N) is 1. The molecule has 4 unspecified atom stereocenters. The van der Waals surface area contributed by atoms with E-state index in [1.54, 1.807) is 13.8 Å². The van der Waals surface area contributed by atoms with Gasteiger partial charge in [-0.05, 0) is 25.2 Å². The molecule has 13 N–H and O–H groups in total. The first kappa shape index (κ1) is 32.0. The van der Waals surface area contributed by atoms with Crippen LogP contribution in [0.5, 0.6) is 0 Å². The Balaban J connectivity index is 5.65. The van der Waals surface area contributed by atoms with Crippen molar-refractivity contribution in [2.45, 2.75) is 70.1 Å². The van der Waals surface area contributed by atoms with Crippen molar-refractivity contribution in [3.63, 3.8) is 0 Å². The summed E-state index contributed by atoms with van der Waals surface area (Å²) in [6.07, 6.45) is -1.01. The molecule has 0 saturated heterocycles. The number of guanidine groups is 1. The Labute approximate surface area is 207 Å². The summed E-state index contributed by atoms with van der Waals surface area (Å²) in [6.45, 7) is 3.63. The van der Waals surface area contributed by atoms with E-state index < -0.39 is 72.6 Å². The molecular weight excluding hydrogens is 480 g/mol. The van der Waals surface area contributed by atoms with Crippen molar-refractivity contribution in [2.24, 2.45) is 33.8 Å². The van der Waals surface area contributed by atoms with Gasteiger partial charge in [0.15, 0.2) is 5.96 Å². The van der Waals surface area contributed by atoms with Crippen LogP contribution in [0.2, 0.25) is 0 Å². The number of hydrogen-bond donors (Lipinski definition) is 9. The lowest BCUT2D eigenvalue weighted by Crippen LogP contribution is -2.57. The molecule has 16 heteroatoms. The van der Waals surface area contributed by atoms with Crippen LogP contribution in [0.3, 0.4) is 0 Å². The van der Waals surface area contributed by atoms with E-state index in [9.17, 15) is 33.9 Å². The summed E-state index contributed by atoms with van der Waals surface area (Å²) in [5, 5.41) is 25.1. The van der Waals surface area contributed by atoms with Gasteiger partial charge in [-0.25, -0.2) is 4.79 Å². The van der Waals surface area contributed by atoms with E-state index in [1.165, 1.54) is 0 Å². The Bertz CT molecular complexity index is 844. The first-order chi connectivity index (χ1) is 16.6. The van der Waals surface area contributed by atoms with Crippen molar-refractivity contribution < 1.29 is 39.0 Å². The fourth-order valence-electron chi connectivity index (χ4n) is 2.98. The van der Waals surface area contributed by atoms with Crippen molar-refractivity contribution in [1.29, 1.82) is 0 Å². The lowest BCUT2D eigenvalue weighted by Gasteiger charge is -2.26. The van der Waals surface area contributed by atoms with Crippen molar-refractivity contribution in [1.82, 2.24) is 16.0 Å². The maximum absolute atomic E-state index is 13.0. The smallest absolute Gasteiger partial charge is 0.326 e. The van der Waals surface area contributed by atoms with Crippen LogP contribution >= 0.6 is 0 Å². The molecule has 0 aliphatic rings. The topological polar surface area (TPSA) is 295 Å². The molecule has 0 aliphatic heterocycles. The fraction of sp³-hybridized carbons (Fsp3) is 0.650. The van der Waals surface area contributed by atoms with E-state index in [1.807, 2.05) is 0 Å². The molecule has 0 aliphatic carbocycles. The highest BCUT2D eigenvalue weighted by atomic mass is 16.4. The minimum absolute atomic E-state index is 0.00356. The zero-order chi connectivity index (χ0) is 28.0. The van der Waals surface area contributed by atoms with Crippen molar-refractivity contribution in [3.05, 3.63) is 0 Å². The average molecular weight is 517 g/mol. The Kier molecular flexibility index (Phi) is 14.1. The Morgan fingerprint density at radius 3 is 1.81 bits per heavy atom. The molecule has 0 aromatic carbocycles. The molecule has 4 amide bonds. The molecule has 0 aromatic rings. The van der Waals surface area contributed by atoms with Crippen LogP contribution in [0.15, 0.2) is 4.99 Å². The van der Waals surface area contributed by atoms with Gasteiger partial charge in [-0.15, -0.1) is 0 Å². The Morgan fingerprint density at radius 2 is 1.33 bits per heavy atom. The van der Waals surface area contributed by atoms with Gasteiger partial charge in [0.25, 0.3) is 0 Å². The molecule has 0 heterocycles. The van der Waals surface area contributed by atoms with Crippen LogP contribution in [0.1, 0.15) is 46.0 Å². The predicted molar refractivity (Wildman–Crippen MR) is 127 cm³/mol. The predicted octanol–water partition coefficient (Wildman–Crippen LogP) is -3.70. The van der Waals surface area contributed by atoms with Crippen LogP contribution in [-0.2, 0) is 28.8 Å². The van der Waals surface area contributed by atoms with Crippen LogP contribution in [0.25, 0.3) is 0 Å². The van der Waals surface area contributed by atoms with E-state index in [0.717, 1.165) is 0 Å². The van der Waals surface area contributed by atoms with E-state index in [0.29, 0.717) is 0 Å². The molecule has 0 aromatic heterocycles. The van der Waals surface area contributed by atoms with E-state index in [2.05, 4.69) is 20.9 Å². The Morgan fingerprint density at radius 1 is 0.806 bits per heavy atom. The number of amides is 4. The maximum Gasteiger partial charge on any atom is 0.326 e. The number of carboxylic acids is 2. The minimum Gasteiger partial charge on any atom is -0.481 e. The molecule has 4 atom stereocenters. The van der Waals surface area contributed by atoms with Crippen molar-refractivity contribution in [3.8, 4) is 0 Å². The molecule has 36 heavy (non-hydrogen) atoms. The number of aliphatic carboxylic acids is 2. The van der Waals surface area contributed by atoms with E-state index in [4.69, 9.17) is 28.0 Å². The third-order valence-electron chi connectivity index (χ3n) is 4.67. The zero-order valence-electron chi connectivity index (χ0n) is 20.2. The largest absolute Gasteiger partial charge is 0.481 e. The highest BCUT2D eigenvalue weighted by molar-refractivity contribution is 5.95. The number of nitrogens with one attached hydrogen (secondary N) is 3. The second-order valence-electron chi connectivity index (χ2n) is 8.47. The summed E-state index contributed by atoms with van der Waals surface area (Å²) in [5.74, 6) is -6.65. The molecule has 16 nitrogen and oxygen atoms in total. The van der Waals surface area contributed by atoms with Crippen LogP contribution in [0.4, 0.5) is 0 Å². The van der Waals surface area contributed by atoms with Gasteiger partial charge in [-0.2, -0.15) is 0 Å². The molecule has 0 fully saturated rings. The molecular formula is C20H36N8O8. The van der Waals surface area contributed by atoms with Gasteiger partial charge in [0.2, 0.25) is 23.6 Å². The summed E-state index contributed by atoms with van der Waals surface area (Å²) >= 11 is 0. The van der Waals surface area contributed by atoms with Crippen molar-refractivity contribution >= 4 is 41.5 Å². The summed E-state index contributed by atoms with van der Waals surface area (Å²) in [7, 11) is 0. The third-order valence-corrected chi connectivity index (χ3v) is 4.67. The number of hydrogen-bond acceptors (Lipinski definition) is 8. The van der Waals surface area contributed by atoms with Gasteiger partial charge in [-0.3, -0.25) is 29.0 Å². The summed E-state index contributed by atoms with van der Waals surface area (Å²) in [4.78, 5) is 75.2. The first-order valence-electron chi connectivity index (χ1n) is 11.1. The fourth-order valence-corrected chi connectivity index (χ4v) is 2.98. The van der Waals surface area contributed by atoms with Crippen LogP contribution in [0, 0.1) is 5.92 Å². The van der Waals surface area contributed by atoms with Gasteiger partial charge in [0.1, 0.15) is 18.1 Å². The second-order valence-corrected chi connectivity index (χ2v) is 8.47. The maximum atomic E-state index is 13.0. The molecule has 0 spiro atoms. The molecule has 0 rings (SSSR count). The van der Waals surface area contributed by atoms with E-state index in [-0.39, 0.29) is 37.7 Å². The molecule has 0 saturated carbocycles. The van der Waals surface area contributed by atoms with E-state index >= 15 is 0 Å². The number of rotatable bonds is 17. The molecule has 0 radical (unpaired) electrons. The average Bonchev–Trinajstić information content (AvgIpc) is 2.73. The van der Waals surface area contributed by atoms with Gasteiger partial charge < -0.3 is 49.1 Å². The zero-order valence-corrected chi connectivity index (χ0v) is 20.2. The first-order valence-corrected chi connectivity index (χ1v) is 11.1. The molecule has 204 valence electrons. The van der Waals surface area contributed by atoms with Crippen LogP contribution in [-0.4, -0.2) is 82.5 Å². The lowest BCUT2D eigenvalue weighted by atomic mass is 10.0. The van der Waals surface area contributed by atoms with Crippen LogP contribution < -0.4 is 38.9 Å². The number of carboxylic acid groups (broad SMARTS) is 2. The number of primary amides is 1. The number of aliphatic imine (C=N–C) groups is 1. The quantitative estimate of drug-likeness (QED) is 0.0514. The monoisotopic (exact) mass is 516 g/mol. The van der Waals surface area contributed by atoms with Crippen molar-refractivity contribution in [2.75, 3.05) is 6.54 Å². The number of nitrogens with two attached hydrogens (primary N) is 4. The third kappa shape index (κ3) is 13.7. The summed E-state index contributed by atoms with van der Waals surface area (Å²) in [6, 6.07) is -5.51. The van der Waals surface area contributed by atoms with Gasteiger partial charge in [-0.1, -0.05) is 13.8 Å². The normalized spacial score (nSPS) is 14.0. The standard InChI is InChI=1S/C20H36N8O8/c1-9(2)6-12(18(34)28-13(19(35)36)8-14(22)29)27-17(33)11(4-3-5-25-20(23)24)26-16(32)10(21)7-15(30)31/h9-13H,3-8,21H2,1-2H3,(H2,22,29)(H,26,32)(H,27,33)(H,28,34)(H,30,31)(H,35,36)(H4,23,24,25). The van der Waals surface area contributed by atoms with Gasteiger partial charge >= 0.3 is 11.9 Å². The number of carbonyl (C=O) groups is 6. The lowest BCUT2D eigenvalue weighted by molar-refractivity contribution is -0.144. The SMILES string of the molecule is CC(C)CC(NC(=O)C(CCCN=C(N)N)NC(=O)C(N)CC(=O)O)C(=O)NC(CC(N)=O)C(=O)O. The Hall–Kier alpha value is -3.95.